The molecule has 0 amide bonds. The Morgan fingerprint density at radius 1 is 0.476 bits per heavy atom. The second-order valence-corrected chi connectivity index (χ2v) is 1.97. The van der Waals surface area contributed by atoms with Crippen LogP contribution in [0, 0.1) is 0 Å². The van der Waals surface area contributed by atoms with Crippen LogP contribution in [0.5, 0.6) is 0 Å². The van der Waals surface area contributed by atoms with Crippen LogP contribution < -0.4 is 226 Å². The first-order chi connectivity index (χ1) is 6.93. The number of hydrogen-bond acceptors (Lipinski definition) is 8. The maximum atomic E-state index is 8.89. The Morgan fingerprint density at radius 3 is 0.476 bits per heavy atom. The summed E-state index contributed by atoms with van der Waals surface area (Å²) in [7, 11) is 0. The molecule has 104 valence electrons. The van der Waals surface area contributed by atoms with E-state index in [1.165, 1.54) is 0 Å². The van der Waals surface area contributed by atoms with Crippen molar-refractivity contribution in [3.05, 3.63) is 0 Å². The van der Waals surface area contributed by atoms with Gasteiger partial charge in [-0.3, -0.25) is 0 Å². The minimum absolute atomic E-state index is 0. The second kappa shape index (κ2) is 49.7. The molecule has 9 nitrogen and oxygen atoms in total. The molecule has 0 heterocycles. The molecular weight excluding hydrogens is 396 g/mol. The standard InChI is InChI=1S/4C2H4O2.4K.H2O/c4*1-2(3)4;;;;;/h4*1H3,(H,3,4);;;;;1H2/q;;;;4*+1;/p-4. The molecule has 0 bridgehead atoms. The van der Waals surface area contributed by atoms with E-state index in [0.717, 1.165) is 27.7 Å². The largest absolute Gasteiger partial charge is 1.00 e. The van der Waals surface area contributed by atoms with E-state index in [1.54, 1.807) is 0 Å². The number of carboxylic acid groups (broad SMARTS) is 4. The van der Waals surface area contributed by atoms with Gasteiger partial charge in [-0.25, -0.2) is 0 Å². The van der Waals surface area contributed by atoms with E-state index < -0.39 is 23.9 Å². The third-order valence-electron chi connectivity index (χ3n) is 0. The maximum Gasteiger partial charge on any atom is 1.00 e. The zero-order chi connectivity index (χ0) is 14.3. The predicted octanol–water partition coefficient (Wildman–Crippen LogP) is -17.8. The summed E-state index contributed by atoms with van der Waals surface area (Å²) in [4.78, 5) is 35.6. The Hall–Kier alpha value is 4.39. The Morgan fingerprint density at radius 2 is 0.476 bits per heavy atom. The maximum absolute atomic E-state index is 8.89. The van der Waals surface area contributed by atoms with Crippen LogP contribution in [0.1, 0.15) is 27.7 Å². The van der Waals surface area contributed by atoms with E-state index in [-0.39, 0.29) is 211 Å². The van der Waals surface area contributed by atoms with Gasteiger partial charge < -0.3 is 45.1 Å². The van der Waals surface area contributed by atoms with Gasteiger partial charge in [-0.15, -0.1) is 0 Å². The molecule has 0 aromatic rings. The van der Waals surface area contributed by atoms with Gasteiger partial charge in [-0.05, 0) is 27.7 Å². The van der Waals surface area contributed by atoms with Gasteiger partial charge in [0.1, 0.15) is 0 Å². The van der Waals surface area contributed by atoms with Gasteiger partial charge in [0.15, 0.2) is 0 Å². The summed E-state index contributed by atoms with van der Waals surface area (Å²) in [6.45, 7) is 3.89. The molecule has 0 atom stereocenters. The van der Waals surface area contributed by atoms with Crippen LogP contribution in [0.4, 0.5) is 0 Å². The Bertz CT molecular complexity index is 172. The Kier molecular flexibility index (Phi) is 133. The number of aliphatic carboxylic acids is 4. The molecule has 0 aliphatic carbocycles. The van der Waals surface area contributed by atoms with Crippen LogP contribution in [0.2, 0.25) is 0 Å². The van der Waals surface area contributed by atoms with Crippen molar-refractivity contribution in [2.45, 2.75) is 27.7 Å². The van der Waals surface area contributed by atoms with E-state index in [9.17, 15) is 0 Å². The van der Waals surface area contributed by atoms with Crippen LogP contribution in [0.15, 0.2) is 0 Å². The SMILES string of the molecule is CC(=O)[O-].CC(=O)[O-].CC(=O)[O-].CC(=O)[O-].O.[K+].[K+].[K+].[K+]. The minimum Gasteiger partial charge on any atom is -0.550 e. The normalized spacial score (nSPS) is 4.76. The van der Waals surface area contributed by atoms with Crippen molar-refractivity contribution in [2.75, 3.05) is 0 Å². The van der Waals surface area contributed by atoms with Crippen LogP contribution in [0.3, 0.4) is 0 Å². The molecule has 13 heteroatoms. The fraction of sp³-hybridized carbons (Fsp3) is 0.500. The van der Waals surface area contributed by atoms with E-state index in [0.29, 0.717) is 0 Å². The average Bonchev–Trinajstić information content (AvgIpc) is 1.76. The molecule has 0 aliphatic rings. The quantitative estimate of drug-likeness (QED) is 0.351. The number of carboxylic acids is 4. The van der Waals surface area contributed by atoms with Gasteiger partial charge in [-0.2, -0.15) is 0 Å². The average molecular weight is 411 g/mol. The summed E-state index contributed by atoms with van der Waals surface area (Å²) in [5.41, 5.74) is 0. The predicted molar refractivity (Wildman–Crippen MR) is 46.3 cm³/mol. The van der Waals surface area contributed by atoms with Crippen molar-refractivity contribution in [1.29, 1.82) is 0 Å². The molecule has 0 aliphatic heterocycles. The summed E-state index contributed by atoms with van der Waals surface area (Å²) < 4.78 is 0. The zero-order valence-electron chi connectivity index (χ0n) is 13.8. The smallest absolute Gasteiger partial charge is 0.550 e. The van der Waals surface area contributed by atoms with Crippen molar-refractivity contribution in [1.82, 2.24) is 0 Å². The van der Waals surface area contributed by atoms with Gasteiger partial charge in [0.25, 0.3) is 0 Å². The zero-order valence-corrected chi connectivity index (χ0v) is 26.3. The third kappa shape index (κ3) is 635. The van der Waals surface area contributed by atoms with E-state index in [1.807, 2.05) is 0 Å². The molecule has 0 saturated heterocycles. The molecule has 0 aromatic carbocycles. The number of carbonyl (C=O) groups excluding carboxylic acids is 4. The van der Waals surface area contributed by atoms with Crippen molar-refractivity contribution in [3.63, 3.8) is 0 Å². The third-order valence-corrected chi connectivity index (χ3v) is 0. The fourth-order valence-corrected chi connectivity index (χ4v) is 0. The van der Waals surface area contributed by atoms with Crippen molar-refractivity contribution in [2.24, 2.45) is 0 Å². The monoisotopic (exact) mass is 410 g/mol. The molecule has 0 radical (unpaired) electrons. The number of carbonyl (C=O) groups is 4. The summed E-state index contributed by atoms with van der Waals surface area (Å²) in [6, 6.07) is 0. The van der Waals surface area contributed by atoms with Crippen LogP contribution in [-0.4, -0.2) is 29.4 Å². The summed E-state index contributed by atoms with van der Waals surface area (Å²) >= 11 is 0. The summed E-state index contributed by atoms with van der Waals surface area (Å²) in [6.07, 6.45) is 0. The second-order valence-electron chi connectivity index (χ2n) is 1.97. The van der Waals surface area contributed by atoms with Gasteiger partial charge in [0, 0.05) is 23.9 Å². The molecule has 21 heavy (non-hydrogen) atoms. The number of hydrogen-bond donors (Lipinski definition) is 0. The summed E-state index contributed by atoms with van der Waals surface area (Å²) in [5.74, 6) is -4.33. The molecule has 0 unspecified atom stereocenters. The molecule has 2 N–H and O–H groups in total. The summed E-state index contributed by atoms with van der Waals surface area (Å²) in [5, 5.41) is 35.6. The van der Waals surface area contributed by atoms with Gasteiger partial charge >= 0.3 is 206 Å². The molecule has 0 saturated carbocycles. The molecule has 0 rings (SSSR count). The Labute approximate surface area is 293 Å². The van der Waals surface area contributed by atoms with E-state index >= 15 is 0 Å². The first kappa shape index (κ1) is 56.2. The molecule has 0 fully saturated rings. The van der Waals surface area contributed by atoms with Gasteiger partial charge in [0.2, 0.25) is 0 Å². The van der Waals surface area contributed by atoms with E-state index in [4.69, 9.17) is 39.6 Å². The van der Waals surface area contributed by atoms with Crippen molar-refractivity contribution < 1.29 is 251 Å². The van der Waals surface area contributed by atoms with Crippen LogP contribution >= 0.6 is 0 Å². The first-order valence-corrected chi connectivity index (χ1v) is 3.63. The fourth-order valence-electron chi connectivity index (χ4n) is 0. The van der Waals surface area contributed by atoms with E-state index in [2.05, 4.69) is 0 Å². The van der Waals surface area contributed by atoms with Crippen LogP contribution in [0.25, 0.3) is 0 Å². The van der Waals surface area contributed by atoms with Crippen molar-refractivity contribution in [3.8, 4) is 0 Å². The van der Waals surface area contributed by atoms with Gasteiger partial charge in [0.05, 0.1) is 0 Å². The molecular formula is C8H14K4O9. The topological polar surface area (TPSA) is 192 Å². The first-order valence-electron chi connectivity index (χ1n) is 3.63. The number of rotatable bonds is 0. The molecule has 0 spiro atoms. The Balaban J connectivity index is -0.0000000121. The van der Waals surface area contributed by atoms with Gasteiger partial charge in [-0.1, -0.05) is 0 Å². The van der Waals surface area contributed by atoms with Crippen molar-refractivity contribution >= 4 is 23.9 Å². The minimum atomic E-state index is -1.08. The van der Waals surface area contributed by atoms with Crippen LogP contribution in [-0.2, 0) is 19.2 Å². The molecule has 0 aromatic heterocycles.